The van der Waals surface area contributed by atoms with Crippen molar-refractivity contribution in [2.75, 3.05) is 6.54 Å². The van der Waals surface area contributed by atoms with Crippen LogP contribution < -0.4 is 11.5 Å². The summed E-state index contributed by atoms with van der Waals surface area (Å²) in [5, 5.41) is 9.09. The molecule has 5 N–H and O–H groups in total. The number of rotatable bonds is 3. The monoisotopic (exact) mass is 214 g/mol. The van der Waals surface area contributed by atoms with Crippen molar-refractivity contribution in [3.63, 3.8) is 0 Å². The lowest BCUT2D eigenvalue weighted by Gasteiger charge is -2.13. The number of hydrogen-bond donors (Lipinski definition) is 3. The second-order valence-corrected chi connectivity index (χ2v) is 3.26. The summed E-state index contributed by atoms with van der Waals surface area (Å²) in [6.45, 7) is 0.181. The van der Waals surface area contributed by atoms with Crippen molar-refractivity contribution >= 4 is 17.6 Å². The first-order chi connectivity index (χ1) is 6.57. The van der Waals surface area contributed by atoms with Gasteiger partial charge in [-0.1, -0.05) is 23.7 Å². The highest BCUT2D eigenvalue weighted by Crippen LogP contribution is 2.23. The van der Waals surface area contributed by atoms with Crippen LogP contribution in [0, 0.1) is 0 Å². The Kier molecular flexibility index (Phi) is 3.46. The molecule has 4 nitrogen and oxygen atoms in total. The van der Waals surface area contributed by atoms with Gasteiger partial charge < -0.3 is 16.6 Å². The van der Waals surface area contributed by atoms with Gasteiger partial charge in [0.25, 0.3) is 0 Å². The highest BCUT2D eigenvalue weighted by Gasteiger charge is 2.17. The van der Waals surface area contributed by atoms with E-state index in [1.165, 1.54) is 6.07 Å². The van der Waals surface area contributed by atoms with E-state index in [9.17, 15) is 4.79 Å². The van der Waals surface area contributed by atoms with Crippen molar-refractivity contribution in [2.45, 2.75) is 6.04 Å². The van der Waals surface area contributed by atoms with Gasteiger partial charge in [-0.15, -0.1) is 0 Å². The molecule has 5 heteroatoms. The third kappa shape index (κ3) is 2.04. The zero-order chi connectivity index (χ0) is 10.7. The number of nitrogens with two attached hydrogens (primary N) is 2. The van der Waals surface area contributed by atoms with Gasteiger partial charge in [0.05, 0.1) is 10.6 Å². The van der Waals surface area contributed by atoms with Crippen LogP contribution >= 0.6 is 11.6 Å². The van der Waals surface area contributed by atoms with Crippen LogP contribution in [0.2, 0.25) is 5.02 Å². The number of carboxylic acid groups (broad SMARTS) is 1. The molecule has 14 heavy (non-hydrogen) atoms. The van der Waals surface area contributed by atoms with Crippen molar-refractivity contribution in [3.05, 3.63) is 34.3 Å². The molecule has 0 spiro atoms. The minimum atomic E-state index is -1.09. The normalized spacial score (nSPS) is 12.5. The van der Waals surface area contributed by atoms with Crippen LogP contribution in [0.25, 0.3) is 0 Å². The second-order valence-electron chi connectivity index (χ2n) is 2.85. The molecule has 1 aromatic rings. The summed E-state index contributed by atoms with van der Waals surface area (Å²) in [5.74, 6) is -1.09. The zero-order valence-corrected chi connectivity index (χ0v) is 8.16. The van der Waals surface area contributed by atoms with Crippen molar-refractivity contribution in [2.24, 2.45) is 11.5 Å². The molecule has 0 fully saturated rings. The third-order valence-electron chi connectivity index (χ3n) is 1.91. The quantitative estimate of drug-likeness (QED) is 0.700. The van der Waals surface area contributed by atoms with E-state index < -0.39 is 12.0 Å². The zero-order valence-electron chi connectivity index (χ0n) is 7.40. The van der Waals surface area contributed by atoms with Gasteiger partial charge in [-0.25, -0.2) is 4.79 Å². The summed E-state index contributed by atoms with van der Waals surface area (Å²) in [6.07, 6.45) is 0. The molecule has 0 saturated heterocycles. The Bertz CT molecular complexity index is 355. The fourth-order valence-corrected chi connectivity index (χ4v) is 1.47. The minimum Gasteiger partial charge on any atom is -0.478 e. The predicted molar refractivity (Wildman–Crippen MR) is 54.4 cm³/mol. The molecule has 0 unspecified atom stereocenters. The largest absolute Gasteiger partial charge is 0.478 e. The summed E-state index contributed by atoms with van der Waals surface area (Å²) in [6, 6.07) is 4.28. The maximum Gasteiger partial charge on any atom is 0.337 e. The summed E-state index contributed by atoms with van der Waals surface area (Å²) < 4.78 is 0. The van der Waals surface area contributed by atoms with Gasteiger partial charge in [0.15, 0.2) is 0 Å². The molecule has 0 amide bonds. The van der Waals surface area contributed by atoms with Crippen molar-refractivity contribution in [1.82, 2.24) is 0 Å². The number of halogens is 1. The second kappa shape index (κ2) is 4.41. The molecule has 0 radical (unpaired) electrons. The SMILES string of the molecule is NC[C@H](N)c1cccc(Cl)c1C(=O)O. The Balaban J connectivity index is 3.28. The number of benzene rings is 1. The Labute approximate surface area is 86.5 Å². The summed E-state index contributed by atoms with van der Waals surface area (Å²) in [5.41, 5.74) is 11.5. The van der Waals surface area contributed by atoms with Crippen molar-refractivity contribution in [3.8, 4) is 0 Å². The first-order valence-electron chi connectivity index (χ1n) is 4.05. The molecule has 0 heterocycles. The van der Waals surface area contributed by atoms with E-state index in [4.69, 9.17) is 28.2 Å². The van der Waals surface area contributed by atoms with Gasteiger partial charge >= 0.3 is 5.97 Å². The smallest absolute Gasteiger partial charge is 0.337 e. The fraction of sp³-hybridized carbons (Fsp3) is 0.222. The summed E-state index contributed by atoms with van der Waals surface area (Å²) in [7, 11) is 0. The molecular formula is C9H11ClN2O2. The third-order valence-corrected chi connectivity index (χ3v) is 2.23. The summed E-state index contributed by atoms with van der Waals surface area (Å²) >= 11 is 5.75. The van der Waals surface area contributed by atoms with Gasteiger partial charge in [-0.2, -0.15) is 0 Å². The van der Waals surface area contributed by atoms with Gasteiger partial charge in [-0.3, -0.25) is 0 Å². The molecule has 1 rings (SSSR count). The van der Waals surface area contributed by atoms with Crippen LogP contribution in [-0.2, 0) is 0 Å². The van der Waals surface area contributed by atoms with Gasteiger partial charge in [0, 0.05) is 12.6 Å². The van der Waals surface area contributed by atoms with E-state index in [0.717, 1.165) is 0 Å². The number of carbonyl (C=O) groups is 1. The van der Waals surface area contributed by atoms with Crippen LogP contribution in [0.5, 0.6) is 0 Å². The van der Waals surface area contributed by atoms with E-state index in [-0.39, 0.29) is 17.1 Å². The highest BCUT2D eigenvalue weighted by molar-refractivity contribution is 6.33. The van der Waals surface area contributed by atoms with Crippen LogP contribution in [0.1, 0.15) is 22.0 Å². The molecule has 1 atom stereocenters. The maximum absolute atomic E-state index is 10.9. The molecule has 1 aromatic carbocycles. The average Bonchev–Trinajstić information content (AvgIpc) is 2.15. The predicted octanol–water partition coefficient (Wildman–Crippen LogP) is 0.997. The van der Waals surface area contributed by atoms with Crippen molar-refractivity contribution < 1.29 is 9.90 Å². The lowest BCUT2D eigenvalue weighted by atomic mass is 10.0. The molecule has 0 aliphatic heterocycles. The van der Waals surface area contributed by atoms with E-state index >= 15 is 0 Å². The van der Waals surface area contributed by atoms with Crippen LogP contribution in [-0.4, -0.2) is 17.6 Å². The minimum absolute atomic E-state index is 0.0344. The molecular weight excluding hydrogens is 204 g/mol. The van der Waals surface area contributed by atoms with E-state index in [2.05, 4.69) is 0 Å². The number of carboxylic acids is 1. The topological polar surface area (TPSA) is 89.3 Å². The lowest BCUT2D eigenvalue weighted by Crippen LogP contribution is -2.23. The Hall–Kier alpha value is -1.10. The molecule has 76 valence electrons. The first-order valence-corrected chi connectivity index (χ1v) is 4.43. The highest BCUT2D eigenvalue weighted by atomic mass is 35.5. The molecule has 0 aromatic heterocycles. The first kappa shape index (κ1) is 11.0. The Morgan fingerprint density at radius 3 is 2.71 bits per heavy atom. The Morgan fingerprint density at radius 2 is 2.21 bits per heavy atom. The molecule has 0 aliphatic rings. The fourth-order valence-electron chi connectivity index (χ4n) is 1.20. The van der Waals surface area contributed by atoms with E-state index in [1.807, 2.05) is 0 Å². The van der Waals surface area contributed by atoms with Gasteiger partial charge in [0.2, 0.25) is 0 Å². The van der Waals surface area contributed by atoms with Gasteiger partial charge in [0.1, 0.15) is 0 Å². The lowest BCUT2D eigenvalue weighted by molar-refractivity contribution is 0.0695. The summed E-state index contributed by atoms with van der Waals surface area (Å²) in [4.78, 5) is 10.9. The van der Waals surface area contributed by atoms with E-state index in [1.54, 1.807) is 12.1 Å². The van der Waals surface area contributed by atoms with E-state index in [0.29, 0.717) is 5.56 Å². The molecule has 0 bridgehead atoms. The number of aromatic carboxylic acids is 1. The average molecular weight is 215 g/mol. The standard InChI is InChI=1S/C9H11ClN2O2/c10-6-3-1-2-5(7(12)4-11)8(6)9(13)14/h1-3,7H,4,11-12H2,(H,13,14)/t7-/m0/s1. The van der Waals surface area contributed by atoms with Gasteiger partial charge in [-0.05, 0) is 11.6 Å². The van der Waals surface area contributed by atoms with Crippen LogP contribution in [0.4, 0.5) is 0 Å². The van der Waals surface area contributed by atoms with Crippen LogP contribution in [0.3, 0.4) is 0 Å². The molecule has 0 saturated carbocycles. The molecule has 0 aliphatic carbocycles. The maximum atomic E-state index is 10.9. The van der Waals surface area contributed by atoms with Crippen molar-refractivity contribution in [1.29, 1.82) is 0 Å². The Morgan fingerprint density at radius 1 is 1.57 bits per heavy atom. The van der Waals surface area contributed by atoms with Crippen LogP contribution in [0.15, 0.2) is 18.2 Å². The number of hydrogen-bond acceptors (Lipinski definition) is 3.